The van der Waals surface area contributed by atoms with Gasteiger partial charge in [-0.2, -0.15) is 15.4 Å². The van der Waals surface area contributed by atoms with Crippen molar-refractivity contribution in [3.63, 3.8) is 0 Å². The summed E-state index contributed by atoms with van der Waals surface area (Å²) in [5.74, 6) is -1.99. The molecule has 1 aromatic carbocycles. The molecule has 13 nitrogen and oxygen atoms in total. The van der Waals surface area contributed by atoms with Gasteiger partial charge in [-0.15, -0.1) is 0 Å². The summed E-state index contributed by atoms with van der Waals surface area (Å²) in [6.07, 6.45) is 1.75. The number of nitrogens with one attached hydrogen (secondary N) is 4. The predicted molar refractivity (Wildman–Crippen MR) is 131 cm³/mol. The molecule has 3 atom stereocenters. The lowest BCUT2D eigenvalue weighted by Gasteiger charge is -2.28. The Balaban J connectivity index is 1.49. The first-order chi connectivity index (χ1) is 18.3. The van der Waals surface area contributed by atoms with Gasteiger partial charge in [0.1, 0.15) is 49.5 Å². The molecule has 2 aromatic rings. The number of aromatic amines is 1. The van der Waals surface area contributed by atoms with Crippen LogP contribution < -0.4 is 25.6 Å². The molecule has 204 valence electrons. The van der Waals surface area contributed by atoms with Crippen molar-refractivity contribution >= 4 is 29.3 Å². The zero-order valence-corrected chi connectivity index (χ0v) is 21.0. The van der Waals surface area contributed by atoms with Gasteiger partial charge in [-0.05, 0) is 17.5 Å². The number of para-hydroxylation sites is 1. The Bertz CT molecular complexity index is 1180. The minimum atomic E-state index is -1.12. The molecule has 1 aromatic heterocycles. The van der Waals surface area contributed by atoms with E-state index in [1.165, 1.54) is 11.1 Å². The van der Waals surface area contributed by atoms with Crippen molar-refractivity contribution in [1.82, 2.24) is 31.4 Å². The van der Waals surface area contributed by atoms with Gasteiger partial charge in [-0.3, -0.25) is 24.1 Å². The second kappa shape index (κ2) is 12.0. The number of aromatic nitrogens is 3. The molecular formula is C24H30FN7O6. The van der Waals surface area contributed by atoms with E-state index in [1.807, 2.05) is 6.07 Å². The Morgan fingerprint density at radius 3 is 2.84 bits per heavy atom. The first kappa shape index (κ1) is 27.0. The lowest BCUT2D eigenvalue weighted by Crippen LogP contribution is -2.59. The van der Waals surface area contributed by atoms with Crippen LogP contribution in [0, 0.1) is 5.92 Å². The Labute approximate surface area is 217 Å². The van der Waals surface area contributed by atoms with E-state index in [9.17, 15) is 23.6 Å². The number of halogens is 1. The van der Waals surface area contributed by atoms with Crippen LogP contribution in [0.1, 0.15) is 25.1 Å². The molecular weight excluding hydrogens is 501 g/mol. The zero-order valence-electron chi connectivity index (χ0n) is 21.0. The van der Waals surface area contributed by atoms with Crippen LogP contribution in [0.2, 0.25) is 0 Å². The molecule has 0 unspecified atom stereocenters. The first-order valence-corrected chi connectivity index (χ1v) is 12.2. The summed E-state index contributed by atoms with van der Waals surface area (Å²) >= 11 is 0. The molecule has 4 amide bonds. The van der Waals surface area contributed by atoms with Crippen LogP contribution >= 0.6 is 0 Å². The number of carbonyl (C=O) groups excluding carboxylic acids is 4. The summed E-state index contributed by atoms with van der Waals surface area (Å²) in [4.78, 5) is 53.6. The summed E-state index contributed by atoms with van der Waals surface area (Å²) in [5.41, 5.74) is 1.79. The molecule has 4 rings (SSSR count). The summed E-state index contributed by atoms with van der Waals surface area (Å²) in [7, 11) is 0. The monoisotopic (exact) mass is 531 g/mol. The zero-order chi connectivity index (χ0) is 27.2. The maximum Gasteiger partial charge on any atom is 0.253 e. The first-order valence-electron chi connectivity index (χ1n) is 12.2. The van der Waals surface area contributed by atoms with Gasteiger partial charge < -0.3 is 25.4 Å². The van der Waals surface area contributed by atoms with E-state index in [4.69, 9.17) is 9.47 Å². The number of hydrogen-bond donors (Lipinski definition) is 4. The standard InChI is InChI=1S/C24H30FN7O6/c1-13(2)20(29-19(33)12-37-7-6-25)23(35)28-16-11-38-18-5-3-4-14-8-17(32(21(14)18)24(16)36)22(34)26-9-15-10-27-31-30-15/h3-5,10,13,16-17,20H,6-9,11-12H2,1-2H3,(H,26,34)(H,28,35)(H,29,33)(H,27,30,31)/t16-,17-,20-/m0/s1. The van der Waals surface area contributed by atoms with Gasteiger partial charge in [-0.25, -0.2) is 4.39 Å². The Morgan fingerprint density at radius 2 is 2.13 bits per heavy atom. The Hall–Kier alpha value is -4.07. The van der Waals surface area contributed by atoms with E-state index in [1.54, 1.807) is 26.0 Å². The average Bonchev–Trinajstić information content (AvgIpc) is 3.53. The predicted octanol–water partition coefficient (Wildman–Crippen LogP) is -0.617. The van der Waals surface area contributed by atoms with Crippen LogP contribution in [0.25, 0.3) is 0 Å². The molecule has 2 aliphatic rings. The van der Waals surface area contributed by atoms with Crippen molar-refractivity contribution in [2.45, 2.75) is 44.9 Å². The fourth-order valence-electron chi connectivity index (χ4n) is 4.40. The Morgan fingerprint density at radius 1 is 1.32 bits per heavy atom. The number of amides is 4. The highest BCUT2D eigenvalue weighted by molar-refractivity contribution is 6.08. The van der Waals surface area contributed by atoms with Crippen molar-refractivity contribution in [2.24, 2.45) is 5.92 Å². The average molecular weight is 532 g/mol. The van der Waals surface area contributed by atoms with Crippen LogP contribution in [-0.4, -0.2) is 83.7 Å². The lowest BCUT2D eigenvalue weighted by molar-refractivity contribution is -0.134. The van der Waals surface area contributed by atoms with E-state index in [0.29, 0.717) is 17.1 Å². The van der Waals surface area contributed by atoms with E-state index >= 15 is 0 Å². The van der Waals surface area contributed by atoms with Gasteiger partial charge in [0, 0.05) is 6.42 Å². The number of hydrogen-bond acceptors (Lipinski definition) is 8. The van der Waals surface area contributed by atoms with Gasteiger partial charge in [-0.1, -0.05) is 26.0 Å². The second-order valence-electron chi connectivity index (χ2n) is 9.27. The SMILES string of the molecule is CC(C)[C@H](NC(=O)COCCF)C(=O)N[C@H]1COc2cccc3c2N(C1=O)[C@H](C(=O)NCc1cn[nH]n1)C3. The molecule has 14 heteroatoms. The van der Waals surface area contributed by atoms with Crippen LogP contribution in [0.5, 0.6) is 5.75 Å². The lowest BCUT2D eigenvalue weighted by atomic mass is 10.0. The summed E-state index contributed by atoms with van der Waals surface area (Å²) < 4.78 is 23.0. The molecule has 0 aliphatic carbocycles. The van der Waals surface area contributed by atoms with Gasteiger partial charge in [0.15, 0.2) is 0 Å². The fourth-order valence-corrected chi connectivity index (χ4v) is 4.40. The number of anilines is 1. The molecule has 0 saturated heterocycles. The van der Waals surface area contributed by atoms with Crippen molar-refractivity contribution in [3.05, 3.63) is 35.7 Å². The summed E-state index contributed by atoms with van der Waals surface area (Å²) in [5, 5.41) is 18.1. The molecule has 3 heterocycles. The topological polar surface area (TPSA) is 168 Å². The minimum Gasteiger partial charge on any atom is -0.489 e. The number of ether oxygens (including phenoxy) is 2. The normalized spacial score (nSPS) is 18.8. The third-order valence-electron chi connectivity index (χ3n) is 6.24. The second-order valence-corrected chi connectivity index (χ2v) is 9.27. The number of carbonyl (C=O) groups is 4. The number of benzene rings is 1. The molecule has 0 radical (unpaired) electrons. The fraction of sp³-hybridized carbons (Fsp3) is 0.500. The molecule has 0 saturated carbocycles. The van der Waals surface area contributed by atoms with Gasteiger partial charge in [0.2, 0.25) is 17.7 Å². The summed E-state index contributed by atoms with van der Waals surface area (Å²) in [6.45, 7) is 2.06. The highest BCUT2D eigenvalue weighted by atomic mass is 19.1. The van der Waals surface area contributed by atoms with Crippen LogP contribution in [0.4, 0.5) is 10.1 Å². The quantitative estimate of drug-likeness (QED) is 0.278. The molecule has 38 heavy (non-hydrogen) atoms. The van der Waals surface area contributed by atoms with E-state index in [-0.39, 0.29) is 32.1 Å². The third kappa shape index (κ3) is 5.90. The molecule has 0 bridgehead atoms. The van der Waals surface area contributed by atoms with E-state index in [2.05, 4.69) is 31.4 Å². The highest BCUT2D eigenvalue weighted by Gasteiger charge is 2.45. The molecule has 0 spiro atoms. The Kier molecular flexibility index (Phi) is 8.51. The third-order valence-corrected chi connectivity index (χ3v) is 6.24. The van der Waals surface area contributed by atoms with Gasteiger partial charge in [0.25, 0.3) is 5.91 Å². The largest absolute Gasteiger partial charge is 0.489 e. The number of nitrogens with zero attached hydrogens (tertiary/aromatic N) is 3. The van der Waals surface area contributed by atoms with Crippen molar-refractivity contribution in [3.8, 4) is 5.75 Å². The molecule has 4 N–H and O–H groups in total. The number of rotatable bonds is 11. The maximum absolute atomic E-state index is 13.7. The smallest absolute Gasteiger partial charge is 0.253 e. The van der Waals surface area contributed by atoms with Crippen molar-refractivity contribution < 1.29 is 33.0 Å². The maximum atomic E-state index is 13.7. The minimum absolute atomic E-state index is 0.124. The van der Waals surface area contributed by atoms with Crippen LogP contribution in [-0.2, 0) is 36.9 Å². The van der Waals surface area contributed by atoms with Crippen molar-refractivity contribution in [1.29, 1.82) is 0 Å². The highest BCUT2D eigenvalue weighted by Crippen LogP contribution is 2.42. The number of alkyl halides is 1. The van der Waals surface area contributed by atoms with Crippen LogP contribution in [0.3, 0.4) is 0 Å². The molecule has 2 aliphatic heterocycles. The number of H-pyrrole nitrogens is 1. The summed E-state index contributed by atoms with van der Waals surface area (Å²) in [6, 6.07) is 2.34. The van der Waals surface area contributed by atoms with Crippen LogP contribution in [0.15, 0.2) is 24.4 Å². The van der Waals surface area contributed by atoms with Gasteiger partial charge >= 0.3 is 0 Å². The van der Waals surface area contributed by atoms with E-state index < -0.39 is 55.0 Å². The van der Waals surface area contributed by atoms with E-state index in [0.717, 1.165) is 5.56 Å². The van der Waals surface area contributed by atoms with Gasteiger partial charge in [0.05, 0.1) is 25.0 Å². The molecule has 0 fully saturated rings. The van der Waals surface area contributed by atoms with Crippen molar-refractivity contribution in [2.75, 3.05) is 31.4 Å².